The molecule has 0 atom stereocenters. The molecule has 136 valence electrons. The third-order valence-corrected chi connectivity index (χ3v) is 4.15. The largest absolute Gasteiger partial charge is 0.364 e. The van der Waals surface area contributed by atoms with Crippen LogP contribution in [0, 0.1) is 0 Å². The van der Waals surface area contributed by atoms with E-state index in [4.69, 9.17) is 4.52 Å². The molecule has 8 heteroatoms. The Morgan fingerprint density at radius 1 is 1.20 bits per heavy atom. The number of rotatable bonds is 5. The van der Waals surface area contributed by atoms with Crippen LogP contribution >= 0.6 is 24.0 Å². The van der Waals surface area contributed by atoms with Crippen molar-refractivity contribution in [3.8, 4) is 0 Å². The van der Waals surface area contributed by atoms with Crippen LogP contribution in [0.5, 0.6) is 0 Å². The van der Waals surface area contributed by atoms with Crippen molar-refractivity contribution in [2.45, 2.75) is 13.0 Å². The van der Waals surface area contributed by atoms with Gasteiger partial charge >= 0.3 is 0 Å². The fraction of sp³-hybridized carbons (Fsp3) is 0.471. The molecule has 0 radical (unpaired) electrons. The van der Waals surface area contributed by atoms with Crippen molar-refractivity contribution >= 4 is 29.9 Å². The molecule has 1 fully saturated rings. The maximum Gasteiger partial charge on any atom is 0.193 e. The molecule has 25 heavy (non-hydrogen) atoms. The summed E-state index contributed by atoms with van der Waals surface area (Å²) < 4.78 is 4.89. The van der Waals surface area contributed by atoms with E-state index in [1.807, 2.05) is 37.5 Å². The maximum absolute atomic E-state index is 4.89. The van der Waals surface area contributed by atoms with E-state index in [1.165, 1.54) is 0 Å². The van der Waals surface area contributed by atoms with Crippen LogP contribution in [0.3, 0.4) is 0 Å². The zero-order valence-electron chi connectivity index (χ0n) is 14.5. The lowest BCUT2D eigenvalue weighted by molar-refractivity contribution is 0.169. The molecule has 0 aliphatic carbocycles. The van der Waals surface area contributed by atoms with E-state index < -0.39 is 0 Å². The zero-order valence-corrected chi connectivity index (χ0v) is 16.8. The minimum absolute atomic E-state index is 0. The van der Waals surface area contributed by atoms with Gasteiger partial charge in [0.2, 0.25) is 0 Å². The summed E-state index contributed by atoms with van der Waals surface area (Å²) in [4.78, 5) is 13.4. The molecule has 0 saturated carbocycles. The quantitative estimate of drug-likeness (QED) is 0.419. The highest BCUT2D eigenvalue weighted by atomic mass is 127. The lowest BCUT2D eigenvalue weighted by Crippen LogP contribution is -2.52. The summed E-state index contributed by atoms with van der Waals surface area (Å²) in [6.45, 7) is 5.59. The van der Waals surface area contributed by atoms with Crippen molar-refractivity contribution in [1.29, 1.82) is 0 Å². The smallest absolute Gasteiger partial charge is 0.193 e. The third-order valence-electron chi connectivity index (χ3n) is 4.15. The van der Waals surface area contributed by atoms with Crippen LogP contribution in [0.4, 0.5) is 0 Å². The predicted octanol–water partition coefficient (Wildman–Crippen LogP) is 1.62. The van der Waals surface area contributed by atoms with Gasteiger partial charge in [0.25, 0.3) is 0 Å². The Hall–Kier alpha value is -1.68. The first-order valence-corrected chi connectivity index (χ1v) is 8.32. The van der Waals surface area contributed by atoms with Crippen molar-refractivity contribution in [2.24, 2.45) is 4.99 Å². The standard InChI is InChI=1S/C17H24N6O.HI/c1-18-17(20-8-5-15-4-2-3-7-19-15)23-11-9-22(10-12-23)14-16-6-13-24-21-16;/h2-4,6-7,13H,5,8-12,14H2,1H3,(H,18,20);1H. The Balaban J connectivity index is 0.00000225. The number of nitrogens with zero attached hydrogens (tertiary/aromatic N) is 5. The highest BCUT2D eigenvalue weighted by molar-refractivity contribution is 14.0. The Morgan fingerprint density at radius 2 is 2.04 bits per heavy atom. The Kier molecular flexibility index (Phi) is 8.13. The lowest BCUT2D eigenvalue weighted by Gasteiger charge is -2.36. The first kappa shape index (κ1) is 19.6. The van der Waals surface area contributed by atoms with Crippen LogP contribution in [-0.2, 0) is 13.0 Å². The average molecular weight is 456 g/mol. The van der Waals surface area contributed by atoms with Crippen LogP contribution in [-0.4, -0.2) is 65.7 Å². The Morgan fingerprint density at radius 3 is 2.68 bits per heavy atom. The number of hydrogen-bond acceptors (Lipinski definition) is 5. The van der Waals surface area contributed by atoms with Gasteiger partial charge < -0.3 is 14.7 Å². The predicted molar refractivity (Wildman–Crippen MR) is 108 cm³/mol. The van der Waals surface area contributed by atoms with Gasteiger partial charge in [0.15, 0.2) is 5.96 Å². The molecule has 0 amide bonds. The van der Waals surface area contributed by atoms with E-state index in [9.17, 15) is 0 Å². The Labute approximate surface area is 165 Å². The molecule has 7 nitrogen and oxygen atoms in total. The van der Waals surface area contributed by atoms with Gasteiger partial charge in [-0.2, -0.15) is 0 Å². The van der Waals surface area contributed by atoms with Gasteiger partial charge in [-0.15, -0.1) is 24.0 Å². The van der Waals surface area contributed by atoms with Crippen LogP contribution in [0.25, 0.3) is 0 Å². The molecule has 0 aromatic carbocycles. The monoisotopic (exact) mass is 456 g/mol. The summed E-state index contributed by atoms with van der Waals surface area (Å²) in [6.07, 6.45) is 4.35. The SMILES string of the molecule is CN=C(NCCc1ccccn1)N1CCN(Cc2ccon2)CC1.I. The number of nitrogens with one attached hydrogen (secondary N) is 1. The van der Waals surface area contributed by atoms with Crippen molar-refractivity contribution < 1.29 is 4.52 Å². The van der Waals surface area contributed by atoms with Gasteiger partial charge in [-0.05, 0) is 12.1 Å². The van der Waals surface area contributed by atoms with E-state index in [-0.39, 0.29) is 24.0 Å². The summed E-state index contributed by atoms with van der Waals surface area (Å²) >= 11 is 0. The fourth-order valence-corrected chi connectivity index (χ4v) is 2.85. The molecule has 0 bridgehead atoms. The van der Waals surface area contributed by atoms with Gasteiger partial charge in [0.05, 0.1) is 5.69 Å². The topological polar surface area (TPSA) is 69.8 Å². The van der Waals surface area contributed by atoms with Gasteiger partial charge in [-0.1, -0.05) is 11.2 Å². The van der Waals surface area contributed by atoms with E-state index in [2.05, 4.69) is 30.2 Å². The van der Waals surface area contributed by atoms with Crippen LogP contribution in [0.2, 0.25) is 0 Å². The van der Waals surface area contributed by atoms with Crippen molar-refractivity contribution in [3.05, 3.63) is 48.1 Å². The average Bonchev–Trinajstić information content (AvgIpc) is 3.14. The highest BCUT2D eigenvalue weighted by Crippen LogP contribution is 2.07. The summed E-state index contributed by atoms with van der Waals surface area (Å²) in [7, 11) is 1.84. The van der Waals surface area contributed by atoms with E-state index in [0.717, 1.165) is 63.0 Å². The molecule has 1 N–H and O–H groups in total. The van der Waals surface area contributed by atoms with Crippen LogP contribution in [0.1, 0.15) is 11.4 Å². The fourth-order valence-electron chi connectivity index (χ4n) is 2.85. The minimum atomic E-state index is 0. The van der Waals surface area contributed by atoms with Crippen molar-refractivity contribution in [3.63, 3.8) is 0 Å². The number of aliphatic imine (C=N–C) groups is 1. The normalized spacial score (nSPS) is 15.7. The third kappa shape index (κ3) is 5.96. The van der Waals surface area contributed by atoms with Crippen molar-refractivity contribution in [1.82, 2.24) is 25.3 Å². The number of pyridine rings is 1. The number of hydrogen-bond donors (Lipinski definition) is 1. The summed E-state index contributed by atoms with van der Waals surface area (Å²) in [5, 5.41) is 7.42. The summed E-state index contributed by atoms with van der Waals surface area (Å²) in [6, 6.07) is 7.93. The molecule has 2 aromatic rings. The maximum atomic E-state index is 4.89. The second-order valence-electron chi connectivity index (χ2n) is 5.80. The van der Waals surface area contributed by atoms with Gasteiger partial charge in [-0.25, -0.2) is 0 Å². The molecule has 3 rings (SSSR count). The number of halogens is 1. The first-order chi connectivity index (χ1) is 11.8. The molecule has 1 aliphatic rings. The van der Waals surface area contributed by atoms with E-state index in [0.29, 0.717) is 0 Å². The molecular weight excluding hydrogens is 431 g/mol. The molecule has 1 saturated heterocycles. The van der Waals surface area contributed by atoms with E-state index >= 15 is 0 Å². The number of aromatic nitrogens is 2. The Bertz CT molecular complexity index is 626. The first-order valence-electron chi connectivity index (χ1n) is 8.32. The van der Waals surface area contributed by atoms with Crippen molar-refractivity contribution in [2.75, 3.05) is 39.8 Å². The molecule has 0 unspecified atom stereocenters. The molecule has 2 aromatic heterocycles. The van der Waals surface area contributed by atoms with Crippen LogP contribution < -0.4 is 5.32 Å². The minimum Gasteiger partial charge on any atom is -0.364 e. The van der Waals surface area contributed by atoms with Gasteiger partial charge in [0.1, 0.15) is 6.26 Å². The lowest BCUT2D eigenvalue weighted by atomic mass is 10.2. The van der Waals surface area contributed by atoms with Gasteiger partial charge in [-0.3, -0.25) is 14.9 Å². The van der Waals surface area contributed by atoms with Crippen LogP contribution in [0.15, 0.2) is 46.2 Å². The molecular formula is C17H25IN6O. The zero-order chi connectivity index (χ0) is 16.6. The molecule has 3 heterocycles. The number of guanidine groups is 1. The second kappa shape index (κ2) is 10.3. The molecule has 0 spiro atoms. The summed E-state index contributed by atoms with van der Waals surface area (Å²) in [5.41, 5.74) is 2.08. The van der Waals surface area contributed by atoms with E-state index in [1.54, 1.807) is 6.26 Å². The highest BCUT2D eigenvalue weighted by Gasteiger charge is 2.20. The molecule has 1 aliphatic heterocycles. The van der Waals surface area contributed by atoms with Gasteiger partial charge in [0, 0.05) is 70.7 Å². The second-order valence-corrected chi connectivity index (χ2v) is 5.80. The summed E-state index contributed by atoms with van der Waals surface area (Å²) in [5.74, 6) is 0.965. The number of piperazine rings is 1.